The zero-order valence-electron chi connectivity index (χ0n) is 13.4. The van der Waals surface area contributed by atoms with Crippen LogP contribution in [0.5, 0.6) is 0 Å². The molecule has 0 aliphatic carbocycles. The van der Waals surface area contributed by atoms with Gasteiger partial charge in [-0.2, -0.15) is 4.98 Å². The molecule has 0 spiro atoms. The second-order valence-electron chi connectivity index (χ2n) is 5.82. The van der Waals surface area contributed by atoms with E-state index in [1.54, 1.807) is 0 Å². The highest BCUT2D eigenvalue weighted by atomic mass is 16.5. The van der Waals surface area contributed by atoms with Gasteiger partial charge in [0.1, 0.15) is 0 Å². The number of aryl methyl sites for hydroxylation is 1. The maximum atomic E-state index is 12.8. The second kappa shape index (κ2) is 5.55. The molecule has 4 rings (SSSR count). The van der Waals surface area contributed by atoms with Crippen molar-refractivity contribution in [1.82, 2.24) is 29.8 Å². The Labute approximate surface area is 138 Å². The van der Waals surface area contributed by atoms with Crippen LogP contribution in [0.15, 0.2) is 35.1 Å². The number of amides is 1. The maximum absolute atomic E-state index is 12.8. The number of carbonyl (C=O) groups is 1. The quantitative estimate of drug-likeness (QED) is 0.714. The van der Waals surface area contributed by atoms with Crippen LogP contribution < -0.4 is 0 Å². The maximum Gasteiger partial charge on any atom is 0.295 e. The fraction of sp³-hybridized carbons (Fsp3) is 0.312. The minimum Gasteiger partial charge on any atom is -0.331 e. The van der Waals surface area contributed by atoms with Crippen LogP contribution in [0.25, 0.3) is 11.7 Å². The third kappa shape index (κ3) is 2.27. The Balaban J connectivity index is 1.64. The first kappa shape index (κ1) is 14.6. The van der Waals surface area contributed by atoms with Gasteiger partial charge < -0.3 is 14.0 Å². The molecule has 0 bridgehead atoms. The Morgan fingerprint density at radius 2 is 2.00 bits per heavy atom. The van der Waals surface area contributed by atoms with E-state index >= 15 is 0 Å². The van der Waals surface area contributed by atoms with Crippen LogP contribution in [0.4, 0.5) is 0 Å². The first-order chi connectivity index (χ1) is 11.6. The highest BCUT2D eigenvalue weighted by Gasteiger charge is 2.32. The lowest BCUT2D eigenvalue weighted by Crippen LogP contribution is -2.41. The van der Waals surface area contributed by atoms with Crippen LogP contribution in [-0.2, 0) is 6.54 Å². The zero-order chi connectivity index (χ0) is 16.7. The predicted molar refractivity (Wildman–Crippen MR) is 83.9 cm³/mol. The van der Waals surface area contributed by atoms with E-state index in [0.717, 1.165) is 11.4 Å². The number of rotatable bonds is 2. The molecule has 0 fully saturated rings. The van der Waals surface area contributed by atoms with Gasteiger partial charge in [0, 0.05) is 18.7 Å². The van der Waals surface area contributed by atoms with E-state index in [0.29, 0.717) is 30.4 Å². The molecule has 2 aromatic heterocycles. The van der Waals surface area contributed by atoms with E-state index in [1.807, 2.05) is 47.6 Å². The van der Waals surface area contributed by atoms with Crippen molar-refractivity contribution in [3.63, 3.8) is 0 Å². The topological polar surface area (TPSA) is 89.9 Å². The van der Waals surface area contributed by atoms with Crippen LogP contribution in [0, 0.1) is 6.92 Å². The molecule has 3 heterocycles. The summed E-state index contributed by atoms with van der Waals surface area (Å²) in [5.74, 6) is 1.59. The normalized spacial score (nSPS) is 16.9. The molecule has 122 valence electrons. The van der Waals surface area contributed by atoms with E-state index in [2.05, 4.69) is 20.3 Å². The van der Waals surface area contributed by atoms with Crippen molar-refractivity contribution >= 4 is 5.91 Å². The molecule has 1 aromatic carbocycles. The number of hydrogen-bond donors (Lipinski definition) is 0. The summed E-state index contributed by atoms with van der Waals surface area (Å²) < 4.78 is 7.00. The van der Waals surface area contributed by atoms with Gasteiger partial charge in [-0.15, -0.1) is 10.2 Å². The van der Waals surface area contributed by atoms with E-state index in [4.69, 9.17) is 4.52 Å². The highest BCUT2D eigenvalue weighted by molar-refractivity contribution is 5.94. The summed E-state index contributed by atoms with van der Waals surface area (Å²) in [4.78, 5) is 18.6. The van der Waals surface area contributed by atoms with Gasteiger partial charge in [0.05, 0.1) is 6.04 Å². The van der Waals surface area contributed by atoms with Crippen molar-refractivity contribution in [3.8, 4) is 11.7 Å². The lowest BCUT2D eigenvalue weighted by Gasteiger charge is -2.33. The van der Waals surface area contributed by atoms with Gasteiger partial charge in [0.25, 0.3) is 11.8 Å². The Kier molecular flexibility index (Phi) is 3.37. The minimum atomic E-state index is -0.184. The molecule has 8 nitrogen and oxygen atoms in total. The van der Waals surface area contributed by atoms with Gasteiger partial charge in [0.2, 0.25) is 5.82 Å². The Bertz CT molecular complexity index is 869. The van der Waals surface area contributed by atoms with Gasteiger partial charge in [0.15, 0.2) is 12.2 Å². The molecule has 1 amide bonds. The van der Waals surface area contributed by atoms with Crippen molar-refractivity contribution in [2.45, 2.75) is 26.4 Å². The predicted octanol–water partition coefficient (Wildman–Crippen LogP) is 1.85. The molecule has 1 unspecified atom stereocenters. The van der Waals surface area contributed by atoms with Crippen molar-refractivity contribution in [2.75, 3.05) is 6.54 Å². The molecule has 0 radical (unpaired) electrons. The van der Waals surface area contributed by atoms with Gasteiger partial charge in [-0.05, 0) is 26.0 Å². The number of nitrogens with zero attached hydrogens (tertiary/aromatic N) is 6. The molecular weight excluding hydrogens is 308 g/mol. The van der Waals surface area contributed by atoms with Crippen LogP contribution in [0.3, 0.4) is 0 Å². The molecule has 1 aliphatic heterocycles. The fourth-order valence-electron chi connectivity index (χ4n) is 2.95. The Morgan fingerprint density at radius 1 is 1.21 bits per heavy atom. The summed E-state index contributed by atoms with van der Waals surface area (Å²) in [7, 11) is 0. The van der Waals surface area contributed by atoms with Crippen LogP contribution in [-0.4, -0.2) is 42.3 Å². The summed E-state index contributed by atoms with van der Waals surface area (Å²) in [5.41, 5.74) is 1.81. The number of fused-ring (bicyclic) bond motifs is 1. The fourth-order valence-corrected chi connectivity index (χ4v) is 2.95. The van der Waals surface area contributed by atoms with Gasteiger partial charge in [-0.25, -0.2) is 0 Å². The summed E-state index contributed by atoms with van der Waals surface area (Å²) >= 11 is 0. The summed E-state index contributed by atoms with van der Waals surface area (Å²) in [6, 6.07) is 7.41. The number of benzene rings is 1. The first-order valence-corrected chi connectivity index (χ1v) is 7.73. The lowest BCUT2D eigenvalue weighted by molar-refractivity contribution is 0.0638. The van der Waals surface area contributed by atoms with E-state index in [1.165, 1.54) is 6.33 Å². The molecule has 1 atom stereocenters. The zero-order valence-corrected chi connectivity index (χ0v) is 13.4. The second-order valence-corrected chi connectivity index (χ2v) is 5.82. The largest absolute Gasteiger partial charge is 0.331 e. The molecule has 0 saturated heterocycles. The third-order valence-electron chi connectivity index (χ3n) is 4.30. The van der Waals surface area contributed by atoms with Crippen molar-refractivity contribution < 1.29 is 9.32 Å². The molecule has 3 aromatic rings. The molecule has 8 heteroatoms. The number of carbonyl (C=O) groups excluding carboxylic acids is 1. The molecular formula is C16H16N6O2. The van der Waals surface area contributed by atoms with Crippen molar-refractivity contribution in [1.29, 1.82) is 0 Å². The molecule has 0 N–H and O–H groups in total. The standard InChI is InChI=1S/C16H16N6O2/c1-10-3-5-12(6-4-10)16(23)21-7-8-22-13(11(21)2)19-20-14(22)15-17-9-18-24-15/h3-6,9,11H,7-8H2,1-2H3. The summed E-state index contributed by atoms with van der Waals surface area (Å²) in [5, 5.41) is 12.0. The van der Waals surface area contributed by atoms with Gasteiger partial charge in [-0.3, -0.25) is 4.79 Å². The molecule has 1 aliphatic rings. The van der Waals surface area contributed by atoms with E-state index in [-0.39, 0.29) is 11.9 Å². The minimum absolute atomic E-state index is 0.00362. The van der Waals surface area contributed by atoms with Gasteiger partial charge in [-0.1, -0.05) is 22.9 Å². The summed E-state index contributed by atoms with van der Waals surface area (Å²) in [6.07, 6.45) is 1.33. The SMILES string of the molecule is Cc1ccc(C(=O)N2CCn3c(-c4ncno4)nnc3C2C)cc1. The van der Waals surface area contributed by atoms with Crippen LogP contribution in [0.1, 0.15) is 34.7 Å². The molecule has 0 saturated carbocycles. The lowest BCUT2D eigenvalue weighted by atomic mass is 10.1. The highest BCUT2D eigenvalue weighted by Crippen LogP contribution is 2.28. The number of aromatic nitrogens is 5. The first-order valence-electron chi connectivity index (χ1n) is 7.73. The van der Waals surface area contributed by atoms with Crippen LogP contribution in [0.2, 0.25) is 0 Å². The molecule has 24 heavy (non-hydrogen) atoms. The van der Waals surface area contributed by atoms with E-state index < -0.39 is 0 Å². The average molecular weight is 324 g/mol. The van der Waals surface area contributed by atoms with Crippen molar-refractivity contribution in [3.05, 3.63) is 47.5 Å². The summed E-state index contributed by atoms with van der Waals surface area (Å²) in [6.45, 7) is 5.10. The Hall–Kier alpha value is -3.03. The average Bonchev–Trinajstić information content (AvgIpc) is 3.24. The van der Waals surface area contributed by atoms with Crippen molar-refractivity contribution in [2.24, 2.45) is 0 Å². The smallest absolute Gasteiger partial charge is 0.295 e. The van der Waals surface area contributed by atoms with Gasteiger partial charge >= 0.3 is 0 Å². The Morgan fingerprint density at radius 3 is 2.71 bits per heavy atom. The van der Waals surface area contributed by atoms with E-state index in [9.17, 15) is 4.79 Å². The monoisotopic (exact) mass is 324 g/mol. The number of hydrogen-bond acceptors (Lipinski definition) is 6. The third-order valence-corrected chi connectivity index (χ3v) is 4.30. The van der Waals surface area contributed by atoms with Crippen LogP contribution >= 0.6 is 0 Å².